The van der Waals surface area contributed by atoms with Crippen molar-refractivity contribution in [1.82, 2.24) is 0 Å². The van der Waals surface area contributed by atoms with E-state index in [4.69, 9.17) is 17.0 Å². The molecule has 1 atom stereocenters. The Labute approximate surface area is 89.3 Å². The maximum atomic E-state index is 5.68. The van der Waals surface area contributed by atoms with E-state index in [9.17, 15) is 0 Å². The molecule has 2 nitrogen and oxygen atoms in total. The molecular weight excluding hydrogens is 194 g/mol. The molecule has 0 saturated heterocycles. The molecule has 14 heavy (non-hydrogen) atoms. The largest absolute Gasteiger partial charge is 0.481 e. The Balaban J connectivity index is 2.47. The molecule has 74 valence electrons. The van der Waals surface area contributed by atoms with Gasteiger partial charge in [-0.2, -0.15) is 0 Å². The van der Waals surface area contributed by atoms with Crippen LogP contribution in [0.3, 0.4) is 0 Å². The van der Waals surface area contributed by atoms with Gasteiger partial charge in [0.25, 0.3) is 0 Å². The normalized spacial score (nSPS) is 19.6. The molecule has 0 fully saturated rings. The van der Waals surface area contributed by atoms with Gasteiger partial charge in [0.05, 0.1) is 5.69 Å². The molecule has 1 aliphatic heterocycles. The van der Waals surface area contributed by atoms with Crippen LogP contribution in [0.5, 0.6) is 5.75 Å². The zero-order chi connectivity index (χ0) is 10.3. The molecule has 0 saturated carbocycles. The molecule has 3 heteroatoms. The number of anilines is 1. The first-order valence-corrected chi connectivity index (χ1v) is 5.07. The Hall–Kier alpha value is -1.09. The van der Waals surface area contributed by atoms with Crippen molar-refractivity contribution in [3.63, 3.8) is 0 Å². The maximum Gasteiger partial charge on any atom is 0.146 e. The van der Waals surface area contributed by atoms with Crippen LogP contribution < -0.4 is 10.1 Å². The Morgan fingerprint density at radius 2 is 1.93 bits per heavy atom. The number of hydrogen-bond donors (Lipinski definition) is 1. The van der Waals surface area contributed by atoms with Gasteiger partial charge < -0.3 is 10.1 Å². The van der Waals surface area contributed by atoms with Crippen molar-refractivity contribution in [2.75, 3.05) is 5.32 Å². The Morgan fingerprint density at radius 3 is 2.64 bits per heavy atom. The molecule has 1 aliphatic rings. The van der Waals surface area contributed by atoms with Crippen molar-refractivity contribution in [3.8, 4) is 5.75 Å². The summed E-state index contributed by atoms with van der Waals surface area (Å²) in [6.07, 6.45) is -0.0281. The number of nitrogens with one attached hydrogen (secondary N) is 1. The van der Waals surface area contributed by atoms with E-state index in [-0.39, 0.29) is 6.10 Å². The fraction of sp³-hybridized carbons (Fsp3) is 0.364. The summed E-state index contributed by atoms with van der Waals surface area (Å²) in [5, 5.41) is 3.18. The molecule has 0 amide bonds. The summed E-state index contributed by atoms with van der Waals surface area (Å²) in [5.74, 6) is 0.897. The van der Waals surface area contributed by atoms with Crippen LogP contribution in [0.15, 0.2) is 12.1 Å². The van der Waals surface area contributed by atoms with E-state index in [2.05, 4.69) is 31.3 Å². The highest BCUT2D eigenvalue weighted by Gasteiger charge is 2.20. The summed E-state index contributed by atoms with van der Waals surface area (Å²) in [4.78, 5) is 0.751. The molecule has 1 heterocycles. The summed E-state index contributed by atoms with van der Waals surface area (Å²) in [5.41, 5.74) is 3.47. The predicted molar refractivity (Wildman–Crippen MR) is 62.2 cm³/mol. The van der Waals surface area contributed by atoms with Crippen LogP contribution in [-0.4, -0.2) is 11.1 Å². The van der Waals surface area contributed by atoms with Crippen molar-refractivity contribution in [2.45, 2.75) is 26.9 Å². The first-order chi connectivity index (χ1) is 6.58. The fourth-order valence-corrected chi connectivity index (χ4v) is 1.62. The SMILES string of the molecule is Cc1cc2c(cc1C)OC(C)C(=S)N2. The third-order valence-electron chi connectivity index (χ3n) is 2.53. The molecule has 2 rings (SSSR count). The van der Waals surface area contributed by atoms with Crippen molar-refractivity contribution in [2.24, 2.45) is 0 Å². The summed E-state index contributed by atoms with van der Waals surface area (Å²) in [6.45, 7) is 6.11. The zero-order valence-electron chi connectivity index (χ0n) is 8.55. The standard InChI is InChI=1S/C11H13NOS/c1-6-4-9-10(5-7(6)2)13-8(3)11(14)12-9/h4-5,8H,1-3H3,(H,12,14). The minimum atomic E-state index is -0.0281. The van der Waals surface area contributed by atoms with Crippen LogP contribution in [0.25, 0.3) is 0 Å². The smallest absolute Gasteiger partial charge is 0.146 e. The van der Waals surface area contributed by atoms with Crippen LogP contribution in [0.4, 0.5) is 5.69 Å². The molecule has 1 unspecified atom stereocenters. The van der Waals surface area contributed by atoms with E-state index in [1.54, 1.807) is 0 Å². The molecule has 1 N–H and O–H groups in total. The number of thiocarbonyl (C=S) groups is 1. The van der Waals surface area contributed by atoms with Crippen LogP contribution in [-0.2, 0) is 0 Å². The van der Waals surface area contributed by atoms with E-state index in [1.165, 1.54) is 11.1 Å². The average molecular weight is 207 g/mol. The molecule has 1 aromatic carbocycles. The topological polar surface area (TPSA) is 21.3 Å². The van der Waals surface area contributed by atoms with Crippen molar-refractivity contribution in [1.29, 1.82) is 0 Å². The number of hydrogen-bond acceptors (Lipinski definition) is 2. The first kappa shape index (κ1) is 9.46. The fourth-order valence-electron chi connectivity index (χ4n) is 1.46. The van der Waals surface area contributed by atoms with Crippen LogP contribution >= 0.6 is 12.2 Å². The van der Waals surface area contributed by atoms with Gasteiger partial charge in [0, 0.05) is 0 Å². The second-order valence-electron chi connectivity index (χ2n) is 3.68. The highest BCUT2D eigenvalue weighted by Crippen LogP contribution is 2.32. The Bertz CT molecular complexity index is 401. The van der Waals surface area contributed by atoms with E-state index in [1.807, 2.05) is 6.92 Å². The van der Waals surface area contributed by atoms with Crippen molar-refractivity contribution < 1.29 is 4.74 Å². The first-order valence-electron chi connectivity index (χ1n) is 4.66. The molecule has 0 radical (unpaired) electrons. The van der Waals surface area contributed by atoms with Crippen LogP contribution in [0.2, 0.25) is 0 Å². The summed E-state index contributed by atoms with van der Waals surface area (Å²) in [7, 11) is 0. The highest BCUT2D eigenvalue weighted by atomic mass is 32.1. The molecule has 0 aromatic heterocycles. The highest BCUT2D eigenvalue weighted by molar-refractivity contribution is 7.80. The second kappa shape index (κ2) is 3.24. The number of benzene rings is 1. The third-order valence-corrected chi connectivity index (χ3v) is 2.96. The summed E-state index contributed by atoms with van der Waals surface area (Å²) in [6, 6.07) is 4.12. The van der Waals surface area contributed by atoms with Crippen LogP contribution in [0, 0.1) is 13.8 Å². The van der Waals surface area contributed by atoms with Gasteiger partial charge in [-0.05, 0) is 44.0 Å². The van der Waals surface area contributed by atoms with Crippen molar-refractivity contribution in [3.05, 3.63) is 23.3 Å². The maximum absolute atomic E-state index is 5.68. The lowest BCUT2D eigenvalue weighted by Gasteiger charge is -2.26. The van der Waals surface area contributed by atoms with E-state index >= 15 is 0 Å². The van der Waals surface area contributed by atoms with Gasteiger partial charge in [0.1, 0.15) is 16.8 Å². The zero-order valence-corrected chi connectivity index (χ0v) is 9.37. The third kappa shape index (κ3) is 1.48. The van der Waals surface area contributed by atoms with Gasteiger partial charge in [-0.15, -0.1) is 0 Å². The quantitative estimate of drug-likeness (QED) is 0.661. The molecular formula is C11H13NOS. The number of fused-ring (bicyclic) bond motifs is 1. The minimum Gasteiger partial charge on any atom is -0.481 e. The lowest BCUT2D eigenvalue weighted by atomic mass is 10.1. The van der Waals surface area contributed by atoms with Gasteiger partial charge in [0.2, 0.25) is 0 Å². The molecule has 0 aliphatic carbocycles. The van der Waals surface area contributed by atoms with E-state index in [0.29, 0.717) is 0 Å². The van der Waals surface area contributed by atoms with E-state index in [0.717, 1.165) is 16.4 Å². The summed E-state index contributed by atoms with van der Waals surface area (Å²) < 4.78 is 5.68. The monoisotopic (exact) mass is 207 g/mol. The predicted octanol–water partition coefficient (Wildman–Crippen LogP) is 2.82. The van der Waals surface area contributed by atoms with Gasteiger partial charge in [-0.3, -0.25) is 0 Å². The Kier molecular flexibility index (Phi) is 2.19. The van der Waals surface area contributed by atoms with Gasteiger partial charge in [0.15, 0.2) is 0 Å². The lowest BCUT2D eigenvalue weighted by Crippen LogP contribution is -2.32. The van der Waals surface area contributed by atoms with E-state index < -0.39 is 0 Å². The Morgan fingerprint density at radius 1 is 1.29 bits per heavy atom. The van der Waals surface area contributed by atoms with Crippen molar-refractivity contribution >= 4 is 22.9 Å². The summed E-state index contributed by atoms with van der Waals surface area (Å²) >= 11 is 5.14. The minimum absolute atomic E-state index is 0.0281. The van der Waals surface area contributed by atoms with Crippen LogP contribution in [0.1, 0.15) is 18.1 Å². The second-order valence-corrected chi connectivity index (χ2v) is 4.12. The van der Waals surface area contributed by atoms with Gasteiger partial charge >= 0.3 is 0 Å². The average Bonchev–Trinajstić information content (AvgIpc) is 2.11. The number of rotatable bonds is 0. The molecule has 1 aromatic rings. The van der Waals surface area contributed by atoms with Gasteiger partial charge in [-0.1, -0.05) is 12.2 Å². The number of aryl methyl sites for hydroxylation is 2. The lowest BCUT2D eigenvalue weighted by molar-refractivity contribution is 0.285. The molecule has 0 spiro atoms. The number of ether oxygens (including phenoxy) is 1. The molecule has 0 bridgehead atoms. The van der Waals surface area contributed by atoms with Gasteiger partial charge in [-0.25, -0.2) is 0 Å².